The van der Waals surface area contributed by atoms with Gasteiger partial charge in [0.15, 0.2) is 0 Å². The Balaban J connectivity index is 2.58. The van der Waals surface area contributed by atoms with Crippen molar-refractivity contribution < 1.29 is 0 Å². The molecule has 2 aromatic carbocycles. The number of rotatable bonds is 1. The Morgan fingerprint density at radius 3 is 2.60 bits per heavy atom. The average Bonchev–Trinajstić information content (AvgIpc) is 2.22. The molecule has 0 bridgehead atoms. The lowest BCUT2D eigenvalue weighted by atomic mass is 10.0. The van der Waals surface area contributed by atoms with Gasteiger partial charge < -0.3 is 0 Å². The van der Waals surface area contributed by atoms with E-state index in [-0.39, 0.29) is 0 Å². The van der Waals surface area contributed by atoms with Gasteiger partial charge in [0.2, 0.25) is 0 Å². The summed E-state index contributed by atoms with van der Waals surface area (Å²) in [5, 5.41) is 0.761. The minimum Gasteiger partial charge on any atom is -0.143 e. The van der Waals surface area contributed by atoms with E-state index in [9.17, 15) is 0 Å². The van der Waals surface area contributed by atoms with Gasteiger partial charge in [-0.25, -0.2) is 0 Å². The van der Waals surface area contributed by atoms with Crippen LogP contribution in [0.2, 0.25) is 5.02 Å². The molecule has 0 unspecified atom stereocenters. The van der Waals surface area contributed by atoms with Crippen molar-refractivity contribution in [3.63, 3.8) is 0 Å². The summed E-state index contributed by atoms with van der Waals surface area (Å²) in [4.78, 5) is 0.968. The predicted octanol–water partition coefficient (Wildman–Crippen LogP) is 4.60. The molecule has 0 nitrogen and oxygen atoms in total. The molecule has 0 radical (unpaired) electrons. The summed E-state index contributed by atoms with van der Waals surface area (Å²) in [5.74, 6) is 0. The van der Waals surface area contributed by atoms with E-state index in [0.29, 0.717) is 0 Å². The molecule has 0 amide bonds. The number of hydrogen-bond donors (Lipinski definition) is 1. The zero-order valence-corrected chi connectivity index (χ0v) is 10.0. The Hall–Kier alpha value is -0.920. The third kappa shape index (κ3) is 2.36. The molecule has 0 atom stereocenters. The number of benzene rings is 2. The monoisotopic (exact) mass is 234 g/mol. The van der Waals surface area contributed by atoms with Gasteiger partial charge in [-0.1, -0.05) is 29.8 Å². The number of hydrogen-bond acceptors (Lipinski definition) is 1. The fourth-order valence-electron chi connectivity index (χ4n) is 1.58. The molecular formula is C13H11ClS. The lowest BCUT2D eigenvalue weighted by Gasteiger charge is -2.07. The molecule has 0 heterocycles. The molecular weight excluding hydrogens is 224 g/mol. The van der Waals surface area contributed by atoms with E-state index in [4.69, 9.17) is 11.6 Å². The van der Waals surface area contributed by atoms with Crippen LogP contribution >= 0.6 is 24.2 Å². The van der Waals surface area contributed by atoms with Crippen molar-refractivity contribution in [2.75, 3.05) is 0 Å². The molecule has 2 heteroatoms. The molecule has 0 aromatic heterocycles. The van der Waals surface area contributed by atoms with Crippen LogP contribution in [0.4, 0.5) is 0 Å². The Kier molecular flexibility index (Phi) is 3.03. The standard InChI is InChI=1S/C13H11ClS/c1-9-5-6-12(15)8-13(9)10-3-2-4-11(14)7-10/h2-8,15H,1H3. The van der Waals surface area contributed by atoms with Crippen molar-refractivity contribution in [1.29, 1.82) is 0 Å². The van der Waals surface area contributed by atoms with Crippen molar-refractivity contribution in [2.45, 2.75) is 11.8 Å². The van der Waals surface area contributed by atoms with Gasteiger partial charge >= 0.3 is 0 Å². The molecule has 0 spiro atoms. The second-order valence-electron chi connectivity index (χ2n) is 3.51. The van der Waals surface area contributed by atoms with Crippen molar-refractivity contribution in [3.05, 3.63) is 53.1 Å². The average molecular weight is 235 g/mol. The lowest BCUT2D eigenvalue weighted by molar-refractivity contribution is 1.38. The van der Waals surface area contributed by atoms with Gasteiger partial charge in [0, 0.05) is 9.92 Å². The van der Waals surface area contributed by atoms with Crippen LogP contribution in [0.1, 0.15) is 5.56 Å². The molecule has 0 saturated heterocycles. The van der Waals surface area contributed by atoms with Crippen LogP contribution in [-0.2, 0) is 0 Å². The molecule has 0 aliphatic heterocycles. The van der Waals surface area contributed by atoms with E-state index >= 15 is 0 Å². The van der Waals surface area contributed by atoms with Crippen molar-refractivity contribution in [1.82, 2.24) is 0 Å². The largest absolute Gasteiger partial charge is 0.143 e. The van der Waals surface area contributed by atoms with Crippen LogP contribution in [0.5, 0.6) is 0 Å². The van der Waals surface area contributed by atoms with Crippen LogP contribution in [0.3, 0.4) is 0 Å². The maximum atomic E-state index is 5.97. The van der Waals surface area contributed by atoms with Gasteiger partial charge in [-0.05, 0) is 47.9 Å². The summed E-state index contributed by atoms with van der Waals surface area (Å²) >= 11 is 10.3. The van der Waals surface area contributed by atoms with Crippen LogP contribution in [0.15, 0.2) is 47.4 Å². The molecule has 0 N–H and O–H groups in total. The van der Waals surface area contributed by atoms with Crippen LogP contribution in [0, 0.1) is 6.92 Å². The van der Waals surface area contributed by atoms with E-state index in [1.54, 1.807) is 0 Å². The molecule has 15 heavy (non-hydrogen) atoms. The summed E-state index contributed by atoms with van der Waals surface area (Å²) in [5.41, 5.74) is 3.55. The minimum absolute atomic E-state index is 0.761. The second kappa shape index (κ2) is 4.30. The SMILES string of the molecule is Cc1ccc(S)cc1-c1cccc(Cl)c1. The third-order valence-electron chi connectivity index (χ3n) is 2.36. The van der Waals surface area contributed by atoms with Gasteiger partial charge in [0.05, 0.1) is 0 Å². The Morgan fingerprint density at radius 2 is 1.87 bits per heavy atom. The molecule has 76 valence electrons. The molecule has 2 aromatic rings. The van der Waals surface area contributed by atoms with Gasteiger partial charge in [0.25, 0.3) is 0 Å². The second-order valence-corrected chi connectivity index (χ2v) is 4.46. The Bertz CT molecular complexity index is 492. The minimum atomic E-state index is 0.761. The summed E-state index contributed by atoms with van der Waals surface area (Å²) in [6, 6.07) is 14.0. The Morgan fingerprint density at radius 1 is 1.07 bits per heavy atom. The van der Waals surface area contributed by atoms with E-state index in [0.717, 1.165) is 15.5 Å². The van der Waals surface area contributed by atoms with E-state index in [1.165, 1.54) is 11.1 Å². The normalized spacial score (nSPS) is 10.3. The molecule has 0 fully saturated rings. The van der Waals surface area contributed by atoms with Gasteiger partial charge in [0.1, 0.15) is 0 Å². The summed E-state index contributed by atoms with van der Waals surface area (Å²) in [6.07, 6.45) is 0. The van der Waals surface area contributed by atoms with Crippen LogP contribution in [-0.4, -0.2) is 0 Å². The van der Waals surface area contributed by atoms with Crippen molar-refractivity contribution in [2.24, 2.45) is 0 Å². The summed E-state index contributed by atoms with van der Waals surface area (Å²) in [7, 11) is 0. The highest BCUT2D eigenvalue weighted by Gasteiger charge is 2.02. The number of halogens is 1. The number of aryl methyl sites for hydroxylation is 1. The van der Waals surface area contributed by atoms with E-state index in [1.807, 2.05) is 24.3 Å². The van der Waals surface area contributed by atoms with Gasteiger partial charge in [-0.2, -0.15) is 0 Å². The first-order valence-electron chi connectivity index (χ1n) is 4.72. The Labute approximate surface area is 100 Å². The summed E-state index contributed by atoms with van der Waals surface area (Å²) in [6.45, 7) is 2.09. The van der Waals surface area contributed by atoms with E-state index in [2.05, 4.69) is 37.8 Å². The van der Waals surface area contributed by atoms with Gasteiger partial charge in [-0.3, -0.25) is 0 Å². The maximum Gasteiger partial charge on any atom is 0.0412 e. The first kappa shape index (κ1) is 10.6. The maximum absolute atomic E-state index is 5.97. The van der Waals surface area contributed by atoms with Crippen LogP contribution in [0.25, 0.3) is 11.1 Å². The van der Waals surface area contributed by atoms with E-state index < -0.39 is 0 Å². The highest BCUT2D eigenvalue weighted by atomic mass is 35.5. The smallest absolute Gasteiger partial charge is 0.0412 e. The zero-order valence-electron chi connectivity index (χ0n) is 8.37. The van der Waals surface area contributed by atoms with Crippen LogP contribution < -0.4 is 0 Å². The lowest BCUT2D eigenvalue weighted by Crippen LogP contribution is -1.83. The molecule has 2 rings (SSSR count). The van der Waals surface area contributed by atoms with Gasteiger partial charge in [-0.15, -0.1) is 12.6 Å². The van der Waals surface area contributed by atoms with Crippen molar-refractivity contribution >= 4 is 24.2 Å². The number of thiol groups is 1. The highest BCUT2D eigenvalue weighted by Crippen LogP contribution is 2.27. The summed E-state index contributed by atoms with van der Waals surface area (Å²) < 4.78 is 0. The highest BCUT2D eigenvalue weighted by molar-refractivity contribution is 7.80. The fraction of sp³-hybridized carbons (Fsp3) is 0.0769. The zero-order chi connectivity index (χ0) is 10.8. The molecule has 0 saturated carbocycles. The van der Waals surface area contributed by atoms with Crippen molar-refractivity contribution in [3.8, 4) is 11.1 Å². The first-order chi connectivity index (χ1) is 7.16. The molecule has 0 aliphatic rings. The quantitative estimate of drug-likeness (QED) is 0.685. The molecule has 0 aliphatic carbocycles. The first-order valence-corrected chi connectivity index (χ1v) is 5.55. The third-order valence-corrected chi connectivity index (χ3v) is 2.87. The fourth-order valence-corrected chi connectivity index (χ4v) is 1.97. The predicted molar refractivity (Wildman–Crippen MR) is 68.9 cm³/mol. The topological polar surface area (TPSA) is 0 Å².